The monoisotopic (exact) mass is 263 g/mol. The van der Waals surface area contributed by atoms with E-state index in [1.165, 1.54) is 19.3 Å². The van der Waals surface area contributed by atoms with Crippen LogP contribution >= 0.6 is 0 Å². The molecule has 2 atom stereocenters. The largest absolute Gasteiger partial charge is 0.491 e. The Balaban J connectivity index is 2.22. The molecule has 3 heteroatoms. The molecule has 1 aromatic rings. The minimum Gasteiger partial charge on any atom is -0.491 e. The second-order valence-electron chi connectivity index (χ2n) is 5.52. The number of hydrogen-bond acceptors (Lipinski definition) is 3. The zero-order valence-corrected chi connectivity index (χ0v) is 12.0. The molecule has 1 saturated carbocycles. The SMILES string of the molecule is COCCOc1ccccc1C1(N)CCCCC1C. The number of hydrogen-bond donors (Lipinski definition) is 1. The van der Waals surface area contributed by atoms with Gasteiger partial charge in [-0.25, -0.2) is 0 Å². The summed E-state index contributed by atoms with van der Waals surface area (Å²) in [5.74, 6) is 1.41. The van der Waals surface area contributed by atoms with Gasteiger partial charge in [-0.2, -0.15) is 0 Å². The van der Waals surface area contributed by atoms with Crippen LogP contribution in [-0.4, -0.2) is 20.3 Å². The van der Waals surface area contributed by atoms with Crippen LogP contribution in [0.25, 0.3) is 0 Å². The lowest BCUT2D eigenvalue weighted by Gasteiger charge is -2.40. The third kappa shape index (κ3) is 3.10. The van der Waals surface area contributed by atoms with Gasteiger partial charge in [0.1, 0.15) is 12.4 Å². The van der Waals surface area contributed by atoms with Gasteiger partial charge in [0.2, 0.25) is 0 Å². The molecule has 0 saturated heterocycles. The van der Waals surface area contributed by atoms with E-state index in [2.05, 4.69) is 19.1 Å². The number of benzene rings is 1. The highest BCUT2D eigenvalue weighted by atomic mass is 16.5. The number of para-hydroxylation sites is 1. The van der Waals surface area contributed by atoms with Crippen molar-refractivity contribution in [3.8, 4) is 5.75 Å². The molecule has 0 radical (unpaired) electrons. The summed E-state index contributed by atoms with van der Waals surface area (Å²) in [6.07, 6.45) is 4.72. The molecule has 19 heavy (non-hydrogen) atoms. The van der Waals surface area contributed by atoms with Gasteiger partial charge in [0.05, 0.1) is 6.61 Å². The van der Waals surface area contributed by atoms with Crippen molar-refractivity contribution in [2.45, 2.75) is 38.1 Å². The first-order chi connectivity index (χ1) is 9.18. The molecule has 3 nitrogen and oxygen atoms in total. The topological polar surface area (TPSA) is 44.5 Å². The van der Waals surface area contributed by atoms with Crippen LogP contribution in [0.5, 0.6) is 5.75 Å². The van der Waals surface area contributed by atoms with Crippen LogP contribution in [0.1, 0.15) is 38.2 Å². The predicted molar refractivity (Wildman–Crippen MR) is 77.3 cm³/mol. The van der Waals surface area contributed by atoms with Crippen molar-refractivity contribution in [2.75, 3.05) is 20.3 Å². The van der Waals surface area contributed by atoms with E-state index >= 15 is 0 Å². The van der Waals surface area contributed by atoms with Crippen LogP contribution in [0.15, 0.2) is 24.3 Å². The first kappa shape index (κ1) is 14.4. The average Bonchev–Trinajstić information content (AvgIpc) is 2.43. The number of rotatable bonds is 5. The number of ether oxygens (including phenoxy) is 2. The standard InChI is InChI=1S/C16H25NO2/c1-13-7-5-6-10-16(13,17)14-8-3-4-9-15(14)19-12-11-18-2/h3-4,8-9,13H,5-7,10-12,17H2,1-2H3. The molecule has 0 heterocycles. The van der Waals surface area contributed by atoms with Gasteiger partial charge in [-0.15, -0.1) is 0 Å². The summed E-state index contributed by atoms with van der Waals surface area (Å²) >= 11 is 0. The molecule has 1 aromatic carbocycles. The van der Waals surface area contributed by atoms with Crippen LogP contribution in [0.2, 0.25) is 0 Å². The van der Waals surface area contributed by atoms with Crippen molar-refractivity contribution in [3.05, 3.63) is 29.8 Å². The molecule has 2 N–H and O–H groups in total. The third-order valence-corrected chi connectivity index (χ3v) is 4.29. The van der Waals surface area contributed by atoms with E-state index in [1.807, 2.05) is 12.1 Å². The Hall–Kier alpha value is -1.06. The molecular weight excluding hydrogens is 238 g/mol. The fourth-order valence-corrected chi connectivity index (χ4v) is 2.98. The highest BCUT2D eigenvalue weighted by Gasteiger charge is 2.37. The van der Waals surface area contributed by atoms with Crippen LogP contribution in [0, 0.1) is 5.92 Å². The highest BCUT2D eigenvalue weighted by molar-refractivity contribution is 5.39. The second kappa shape index (κ2) is 6.40. The van der Waals surface area contributed by atoms with Crippen molar-refractivity contribution < 1.29 is 9.47 Å². The third-order valence-electron chi connectivity index (χ3n) is 4.29. The summed E-state index contributed by atoms with van der Waals surface area (Å²) in [6.45, 7) is 3.42. The van der Waals surface area contributed by atoms with Crippen molar-refractivity contribution in [2.24, 2.45) is 11.7 Å². The minimum atomic E-state index is -0.248. The van der Waals surface area contributed by atoms with Crippen molar-refractivity contribution >= 4 is 0 Å². The molecule has 0 amide bonds. The summed E-state index contributed by atoms with van der Waals surface area (Å²) in [7, 11) is 1.68. The Morgan fingerprint density at radius 2 is 2.05 bits per heavy atom. The molecule has 106 valence electrons. The van der Waals surface area contributed by atoms with E-state index in [9.17, 15) is 0 Å². The lowest BCUT2D eigenvalue weighted by atomic mass is 9.70. The summed E-state index contributed by atoms with van der Waals surface area (Å²) in [4.78, 5) is 0. The first-order valence-electron chi connectivity index (χ1n) is 7.18. The van der Waals surface area contributed by atoms with Crippen LogP contribution in [0.4, 0.5) is 0 Å². The van der Waals surface area contributed by atoms with E-state index < -0.39 is 0 Å². The van der Waals surface area contributed by atoms with Gasteiger partial charge in [-0.3, -0.25) is 0 Å². The summed E-state index contributed by atoms with van der Waals surface area (Å²) < 4.78 is 10.9. The smallest absolute Gasteiger partial charge is 0.124 e. The summed E-state index contributed by atoms with van der Waals surface area (Å²) in [5, 5.41) is 0. The lowest BCUT2D eigenvalue weighted by Crippen LogP contribution is -2.45. The zero-order valence-electron chi connectivity index (χ0n) is 12.0. The van der Waals surface area contributed by atoms with E-state index in [-0.39, 0.29) is 5.54 Å². The number of nitrogens with two attached hydrogens (primary N) is 1. The normalized spacial score (nSPS) is 27.2. The van der Waals surface area contributed by atoms with E-state index in [1.54, 1.807) is 7.11 Å². The van der Waals surface area contributed by atoms with Gasteiger partial charge < -0.3 is 15.2 Å². The maximum Gasteiger partial charge on any atom is 0.124 e. The Morgan fingerprint density at radius 1 is 1.26 bits per heavy atom. The average molecular weight is 263 g/mol. The van der Waals surface area contributed by atoms with Crippen LogP contribution in [0.3, 0.4) is 0 Å². The Labute approximate surface area is 116 Å². The van der Waals surface area contributed by atoms with Crippen molar-refractivity contribution in [1.82, 2.24) is 0 Å². The van der Waals surface area contributed by atoms with Gasteiger partial charge >= 0.3 is 0 Å². The second-order valence-corrected chi connectivity index (χ2v) is 5.52. The van der Waals surface area contributed by atoms with Gasteiger partial charge in [0, 0.05) is 18.2 Å². The molecule has 0 aromatic heterocycles. The Bertz CT molecular complexity index is 407. The van der Waals surface area contributed by atoms with Crippen molar-refractivity contribution in [1.29, 1.82) is 0 Å². The molecule has 0 aliphatic heterocycles. The summed E-state index contributed by atoms with van der Waals surface area (Å²) in [6, 6.07) is 8.18. The molecule has 1 aliphatic carbocycles. The number of methoxy groups -OCH3 is 1. The minimum absolute atomic E-state index is 0.248. The lowest BCUT2D eigenvalue weighted by molar-refractivity contribution is 0.141. The molecule has 1 fully saturated rings. The van der Waals surface area contributed by atoms with E-state index in [4.69, 9.17) is 15.2 Å². The molecule has 2 rings (SSSR count). The fraction of sp³-hybridized carbons (Fsp3) is 0.625. The Kier molecular flexibility index (Phi) is 4.83. The van der Waals surface area contributed by atoms with Gasteiger partial charge in [-0.05, 0) is 24.8 Å². The van der Waals surface area contributed by atoms with E-state index in [0.29, 0.717) is 19.1 Å². The van der Waals surface area contributed by atoms with E-state index in [0.717, 1.165) is 17.7 Å². The maximum absolute atomic E-state index is 6.72. The molecule has 0 spiro atoms. The molecular formula is C16H25NO2. The molecule has 2 unspecified atom stereocenters. The first-order valence-corrected chi connectivity index (χ1v) is 7.18. The van der Waals surface area contributed by atoms with Gasteiger partial charge in [0.15, 0.2) is 0 Å². The summed E-state index contributed by atoms with van der Waals surface area (Å²) in [5.41, 5.74) is 7.62. The van der Waals surface area contributed by atoms with Crippen LogP contribution in [-0.2, 0) is 10.3 Å². The van der Waals surface area contributed by atoms with Crippen LogP contribution < -0.4 is 10.5 Å². The van der Waals surface area contributed by atoms with Gasteiger partial charge in [-0.1, -0.05) is 38.0 Å². The maximum atomic E-state index is 6.72. The predicted octanol–water partition coefficient (Wildman–Crippen LogP) is 3.08. The fourth-order valence-electron chi connectivity index (χ4n) is 2.98. The van der Waals surface area contributed by atoms with Crippen molar-refractivity contribution in [3.63, 3.8) is 0 Å². The molecule has 1 aliphatic rings. The highest BCUT2D eigenvalue weighted by Crippen LogP contribution is 2.42. The molecule has 0 bridgehead atoms. The van der Waals surface area contributed by atoms with Gasteiger partial charge in [0.25, 0.3) is 0 Å². The zero-order chi connectivity index (χ0) is 13.7. The quantitative estimate of drug-likeness (QED) is 0.830. The Morgan fingerprint density at radius 3 is 2.79 bits per heavy atom.